The van der Waals surface area contributed by atoms with Gasteiger partial charge in [0.25, 0.3) is 0 Å². The van der Waals surface area contributed by atoms with E-state index in [0.717, 1.165) is 45.0 Å². The SMILES string of the molecule is CCN1C(=S)N[C@H](c2ccccn2)[C@@H]1c1ccc(-c2ccc(C)c(Cl)c2)o1. The second kappa shape index (κ2) is 7.33. The summed E-state index contributed by atoms with van der Waals surface area (Å²) < 4.78 is 6.25. The maximum atomic E-state index is 6.28. The molecule has 1 N–H and O–H groups in total. The Morgan fingerprint density at radius 1 is 1.22 bits per heavy atom. The molecule has 0 saturated carbocycles. The van der Waals surface area contributed by atoms with Gasteiger partial charge in [0, 0.05) is 23.3 Å². The average Bonchev–Trinajstić information content (AvgIpc) is 3.29. The molecule has 4 rings (SSSR count). The van der Waals surface area contributed by atoms with Crippen LogP contribution >= 0.6 is 23.8 Å². The van der Waals surface area contributed by atoms with Gasteiger partial charge in [0.2, 0.25) is 0 Å². The number of likely N-dealkylation sites (N-methyl/N-ethyl adjacent to an activating group) is 1. The van der Waals surface area contributed by atoms with Gasteiger partial charge in [0.1, 0.15) is 17.6 Å². The van der Waals surface area contributed by atoms with E-state index in [4.69, 9.17) is 28.2 Å². The summed E-state index contributed by atoms with van der Waals surface area (Å²) in [7, 11) is 0. The number of nitrogens with one attached hydrogen (secondary N) is 1. The number of rotatable bonds is 4. The number of thiocarbonyl (C=S) groups is 1. The largest absolute Gasteiger partial charge is 0.459 e. The van der Waals surface area contributed by atoms with Crippen LogP contribution in [0.15, 0.2) is 59.1 Å². The highest BCUT2D eigenvalue weighted by molar-refractivity contribution is 7.80. The number of nitrogens with zero attached hydrogens (tertiary/aromatic N) is 2. The molecule has 1 aliphatic rings. The first-order chi connectivity index (χ1) is 13.1. The number of furan rings is 1. The molecule has 0 bridgehead atoms. The Hall–Kier alpha value is -2.37. The highest BCUT2D eigenvalue weighted by atomic mass is 35.5. The first-order valence-corrected chi connectivity index (χ1v) is 9.71. The number of halogens is 1. The fourth-order valence-corrected chi connectivity index (χ4v) is 4.02. The van der Waals surface area contributed by atoms with Crippen molar-refractivity contribution in [2.75, 3.05) is 6.54 Å². The highest BCUT2D eigenvalue weighted by Crippen LogP contribution is 2.40. The Bertz CT molecular complexity index is 973. The molecule has 0 amide bonds. The maximum absolute atomic E-state index is 6.28. The third-order valence-electron chi connectivity index (χ3n) is 4.91. The Balaban J connectivity index is 1.72. The summed E-state index contributed by atoms with van der Waals surface area (Å²) in [6.45, 7) is 4.86. The van der Waals surface area contributed by atoms with E-state index < -0.39 is 0 Å². The van der Waals surface area contributed by atoms with Crippen LogP contribution < -0.4 is 5.32 Å². The van der Waals surface area contributed by atoms with Crippen molar-refractivity contribution in [2.45, 2.75) is 25.9 Å². The van der Waals surface area contributed by atoms with Gasteiger partial charge in [-0.15, -0.1) is 0 Å². The summed E-state index contributed by atoms with van der Waals surface area (Å²) in [5.74, 6) is 1.65. The van der Waals surface area contributed by atoms with E-state index in [0.29, 0.717) is 0 Å². The van der Waals surface area contributed by atoms with Crippen LogP contribution in [0.5, 0.6) is 0 Å². The number of hydrogen-bond donors (Lipinski definition) is 1. The zero-order chi connectivity index (χ0) is 19.0. The summed E-state index contributed by atoms with van der Waals surface area (Å²) in [5, 5.41) is 4.85. The summed E-state index contributed by atoms with van der Waals surface area (Å²) >= 11 is 11.8. The Kier molecular flexibility index (Phi) is 4.89. The van der Waals surface area contributed by atoms with Crippen LogP contribution in [0.4, 0.5) is 0 Å². The molecule has 3 aromatic rings. The minimum absolute atomic E-state index is 0.0490. The zero-order valence-electron chi connectivity index (χ0n) is 15.1. The number of hydrogen-bond acceptors (Lipinski definition) is 3. The van der Waals surface area contributed by atoms with Crippen LogP contribution in [0, 0.1) is 6.92 Å². The summed E-state index contributed by atoms with van der Waals surface area (Å²) in [4.78, 5) is 6.66. The average molecular weight is 398 g/mol. The van der Waals surface area contributed by atoms with Crippen molar-refractivity contribution in [3.05, 3.63) is 76.8 Å². The third kappa shape index (κ3) is 3.33. The molecule has 2 aromatic heterocycles. The molecule has 1 saturated heterocycles. The van der Waals surface area contributed by atoms with Gasteiger partial charge in [-0.2, -0.15) is 0 Å². The van der Waals surface area contributed by atoms with Crippen molar-refractivity contribution >= 4 is 28.9 Å². The predicted octanol–water partition coefficient (Wildman–Crippen LogP) is 5.30. The fourth-order valence-electron chi connectivity index (χ4n) is 3.47. The molecule has 1 aromatic carbocycles. The molecule has 27 heavy (non-hydrogen) atoms. The molecular weight excluding hydrogens is 378 g/mol. The monoisotopic (exact) mass is 397 g/mol. The van der Waals surface area contributed by atoms with E-state index >= 15 is 0 Å². The molecule has 0 radical (unpaired) electrons. The first kappa shape index (κ1) is 18.0. The molecule has 3 heterocycles. The smallest absolute Gasteiger partial charge is 0.170 e. The molecule has 1 aliphatic heterocycles. The minimum Gasteiger partial charge on any atom is -0.459 e. The third-order valence-corrected chi connectivity index (χ3v) is 5.67. The summed E-state index contributed by atoms with van der Waals surface area (Å²) in [6, 6.07) is 15.8. The number of aromatic nitrogens is 1. The van der Waals surface area contributed by atoms with Crippen LogP contribution in [-0.2, 0) is 0 Å². The molecule has 138 valence electrons. The van der Waals surface area contributed by atoms with E-state index in [1.54, 1.807) is 6.20 Å². The molecule has 1 fully saturated rings. The van der Waals surface area contributed by atoms with Crippen molar-refractivity contribution in [3.8, 4) is 11.3 Å². The van der Waals surface area contributed by atoms with Crippen molar-refractivity contribution in [2.24, 2.45) is 0 Å². The van der Waals surface area contributed by atoms with Crippen molar-refractivity contribution in [1.29, 1.82) is 0 Å². The lowest BCUT2D eigenvalue weighted by atomic mass is 10.0. The topological polar surface area (TPSA) is 41.3 Å². The standard InChI is InChI=1S/C21H20ClN3OS/c1-3-25-20(19(24-21(25)27)16-6-4-5-11-23-16)18-10-9-17(26-18)14-8-7-13(2)15(22)12-14/h4-12,19-20H,3H2,1-2H3,(H,24,27)/t19-,20+/m1/s1. The van der Waals surface area contributed by atoms with E-state index in [-0.39, 0.29) is 12.1 Å². The fraction of sp³-hybridized carbons (Fsp3) is 0.238. The van der Waals surface area contributed by atoms with E-state index in [1.807, 2.05) is 55.5 Å². The van der Waals surface area contributed by atoms with Gasteiger partial charge in [0.15, 0.2) is 5.11 Å². The molecule has 2 atom stereocenters. The lowest BCUT2D eigenvalue weighted by Crippen LogP contribution is -2.29. The molecule has 0 aliphatic carbocycles. The van der Waals surface area contributed by atoms with Gasteiger partial charge in [-0.25, -0.2) is 0 Å². The highest BCUT2D eigenvalue weighted by Gasteiger charge is 2.40. The first-order valence-electron chi connectivity index (χ1n) is 8.93. The molecular formula is C21H20ClN3OS. The van der Waals surface area contributed by atoms with E-state index in [1.165, 1.54) is 0 Å². The number of pyridine rings is 1. The quantitative estimate of drug-likeness (QED) is 0.605. The predicted molar refractivity (Wildman–Crippen MR) is 112 cm³/mol. The van der Waals surface area contributed by atoms with Gasteiger partial charge in [-0.05, 0) is 62.0 Å². The van der Waals surface area contributed by atoms with Gasteiger partial charge in [0.05, 0.1) is 11.7 Å². The molecule has 6 heteroatoms. The van der Waals surface area contributed by atoms with Crippen LogP contribution in [0.25, 0.3) is 11.3 Å². The van der Waals surface area contributed by atoms with Crippen LogP contribution in [0.2, 0.25) is 5.02 Å². The lowest BCUT2D eigenvalue weighted by Gasteiger charge is -2.24. The van der Waals surface area contributed by atoms with Crippen molar-refractivity contribution in [1.82, 2.24) is 15.2 Å². The van der Waals surface area contributed by atoms with Crippen LogP contribution in [0.1, 0.15) is 36.0 Å². The van der Waals surface area contributed by atoms with Gasteiger partial charge < -0.3 is 14.6 Å². The van der Waals surface area contributed by atoms with Crippen LogP contribution in [0.3, 0.4) is 0 Å². The second-order valence-electron chi connectivity index (χ2n) is 6.58. The second-order valence-corrected chi connectivity index (χ2v) is 7.37. The van der Waals surface area contributed by atoms with Gasteiger partial charge >= 0.3 is 0 Å². The summed E-state index contributed by atoms with van der Waals surface area (Å²) in [6.07, 6.45) is 1.80. The van der Waals surface area contributed by atoms with Crippen LogP contribution in [-0.4, -0.2) is 21.5 Å². The number of aryl methyl sites for hydroxylation is 1. The molecule has 4 nitrogen and oxygen atoms in total. The maximum Gasteiger partial charge on any atom is 0.170 e. The van der Waals surface area contributed by atoms with Gasteiger partial charge in [-0.3, -0.25) is 4.98 Å². The Morgan fingerprint density at radius 3 is 2.78 bits per heavy atom. The van der Waals surface area contributed by atoms with Crippen molar-refractivity contribution in [3.63, 3.8) is 0 Å². The van der Waals surface area contributed by atoms with Crippen molar-refractivity contribution < 1.29 is 4.42 Å². The lowest BCUT2D eigenvalue weighted by molar-refractivity contribution is 0.284. The molecule has 0 spiro atoms. The Labute approximate surface area is 169 Å². The van der Waals surface area contributed by atoms with Gasteiger partial charge in [-0.1, -0.05) is 29.8 Å². The molecule has 0 unspecified atom stereocenters. The minimum atomic E-state index is -0.0562. The van der Waals surface area contributed by atoms with E-state index in [9.17, 15) is 0 Å². The Morgan fingerprint density at radius 2 is 2.07 bits per heavy atom. The zero-order valence-corrected chi connectivity index (χ0v) is 16.7. The normalized spacial score (nSPS) is 19.4. The number of benzene rings is 1. The van der Waals surface area contributed by atoms with E-state index in [2.05, 4.69) is 22.1 Å². The summed E-state index contributed by atoms with van der Waals surface area (Å²) in [5.41, 5.74) is 2.95.